The summed E-state index contributed by atoms with van der Waals surface area (Å²) in [6.07, 6.45) is 0.750. The molecule has 0 unspecified atom stereocenters. The van der Waals surface area contributed by atoms with Crippen LogP contribution in [0.3, 0.4) is 0 Å². The molecule has 1 amide bonds. The van der Waals surface area contributed by atoms with Gasteiger partial charge in [-0.25, -0.2) is 0 Å². The smallest absolute Gasteiger partial charge is 0.230 e. The molecule has 0 spiro atoms. The van der Waals surface area contributed by atoms with Crippen LogP contribution in [-0.2, 0) is 24.8 Å². The highest BCUT2D eigenvalue weighted by Crippen LogP contribution is 2.19. The Hall–Kier alpha value is -1.83. The van der Waals surface area contributed by atoms with Crippen molar-refractivity contribution in [2.75, 3.05) is 5.75 Å². The van der Waals surface area contributed by atoms with Gasteiger partial charge in [-0.2, -0.15) is 0 Å². The molecule has 3 aromatic rings. The van der Waals surface area contributed by atoms with Crippen LogP contribution in [0.2, 0.25) is 5.02 Å². The van der Waals surface area contributed by atoms with E-state index in [1.165, 1.54) is 16.6 Å². The minimum Gasteiger partial charge on any atom is -0.351 e. The number of thioether (sulfide) groups is 1. The van der Waals surface area contributed by atoms with Gasteiger partial charge in [0.25, 0.3) is 0 Å². The fourth-order valence-corrected chi connectivity index (χ4v) is 3.87. The molecule has 130 valence electrons. The van der Waals surface area contributed by atoms with Crippen LogP contribution in [0.25, 0.3) is 0 Å². The molecule has 25 heavy (non-hydrogen) atoms. The lowest BCUT2D eigenvalue weighted by atomic mass is 10.2. The topological polar surface area (TPSA) is 59.8 Å². The quantitative estimate of drug-likeness (QED) is 0.625. The van der Waals surface area contributed by atoms with E-state index in [-0.39, 0.29) is 11.7 Å². The van der Waals surface area contributed by atoms with Crippen LogP contribution in [0.1, 0.15) is 16.3 Å². The second kappa shape index (κ2) is 8.51. The van der Waals surface area contributed by atoms with Crippen LogP contribution in [0.4, 0.5) is 0 Å². The second-order valence-electron chi connectivity index (χ2n) is 5.37. The summed E-state index contributed by atoms with van der Waals surface area (Å²) in [7, 11) is 1.92. The van der Waals surface area contributed by atoms with Gasteiger partial charge in [-0.1, -0.05) is 47.6 Å². The third kappa shape index (κ3) is 4.84. The highest BCUT2D eigenvalue weighted by atomic mass is 35.5. The first kappa shape index (κ1) is 18.0. The van der Waals surface area contributed by atoms with Gasteiger partial charge in [-0.15, -0.1) is 21.5 Å². The van der Waals surface area contributed by atoms with Gasteiger partial charge in [-0.05, 0) is 23.1 Å². The molecule has 0 saturated heterocycles. The van der Waals surface area contributed by atoms with Crippen LogP contribution in [0.15, 0.2) is 46.9 Å². The Morgan fingerprint density at radius 3 is 2.88 bits per heavy atom. The minimum absolute atomic E-state index is 0.0623. The lowest BCUT2D eigenvalue weighted by Gasteiger charge is -2.07. The fraction of sp³-hybridized carbons (Fsp3) is 0.235. The van der Waals surface area contributed by atoms with E-state index >= 15 is 0 Å². The Morgan fingerprint density at radius 2 is 2.12 bits per heavy atom. The predicted molar refractivity (Wildman–Crippen MR) is 102 cm³/mol. The highest BCUT2D eigenvalue weighted by molar-refractivity contribution is 7.99. The van der Waals surface area contributed by atoms with E-state index in [4.69, 9.17) is 11.6 Å². The first-order valence-electron chi connectivity index (χ1n) is 7.67. The van der Waals surface area contributed by atoms with Gasteiger partial charge < -0.3 is 9.88 Å². The number of carbonyl (C=O) groups is 1. The summed E-state index contributed by atoms with van der Waals surface area (Å²) >= 11 is 9.16. The number of aromatic nitrogens is 3. The lowest BCUT2D eigenvalue weighted by Crippen LogP contribution is -2.24. The summed E-state index contributed by atoms with van der Waals surface area (Å²) in [5, 5.41) is 14.7. The Kier molecular flexibility index (Phi) is 6.12. The maximum atomic E-state index is 12.0. The maximum absolute atomic E-state index is 12.0. The number of nitrogens with one attached hydrogen (secondary N) is 1. The van der Waals surface area contributed by atoms with Crippen molar-refractivity contribution in [2.24, 2.45) is 7.05 Å². The fourth-order valence-electron chi connectivity index (χ4n) is 2.21. The molecular formula is C17H17ClN4OS2. The van der Waals surface area contributed by atoms with Crippen LogP contribution < -0.4 is 5.32 Å². The molecule has 0 radical (unpaired) electrons. The minimum atomic E-state index is -0.0623. The van der Waals surface area contributed by atoms with E-state index in [1.54, 1.807) is 11.3 Å². The van der Waals surface area contributed by atoms with Crippen LogP contribution in [0.5, 0.6) is 0 Å². The normalized spacial score (nSPS) is 10.8. The van der Waals surface area contributed by atoms with Crippen molar-refractivity contribution in [3.63, 3.8) is 0 Å². The summed E-state index contributed by atoms with van der Waals surface area (Å²) in [4.78, 5) is 13.3. The third-order valence-corrected chi connectivity index (χ3v) is 5.87. The van der Waals surface area contributed by atoms with Crippen molar-refractivity contribution in [3.8, 4) is 0 Å². The SMILES string of the molecule is Cn1c(Cc2cccs2)nnc1SCC(=O)NCc1ccccc1Cl. The predicted octanol–water partition coefficient (Wildman–Crippen LogP) is 3.53. The number of hydrogen-bond donors (Lipinski definition) is 1. The summed E-state index contributed by atoms with van der Waals surface area (Å²) < 4.78 is 1.94. The van der Waals surface area contributed by atoms with Crippen molar-refractivity contribution in [3.05, 3.63) is 63.1 Å². The van der Waals surface area contributed by atoms with E-state index in [9.17, 15) is 4.79 Å². The molecule has 2 aromatic heterocycles. The number of amides is 1. The first-order valence-corrected chi connectivity index (χ1v) is 9.91. The maximum Gasteiger partial charge on any atom is 0.230 e. The number of benzene rings is 1. The Bertz CT molecular complexity index is 848. The molecule has 0 fully saturated rings. The van der Waals surface area contributed by atoms with Crippen LogP contribution >= 0.6 is 34.7 Å². The number of thiophene rings is 1. The molecule has 0 aliphatic carbocycles. The molecule has 0 bridgehead atoms. The summed E-state index contributed by atoms with van der Waals surface area (Å²) in [6, 6.07) is 11.6. The Morgan fingerprint density at radius 1 is 1.28 bits per heavy atom. The Labute approximate surface area is 159 Å². The van der Waals surface area contributed by atoms with Crippen molar-refractivity contribution in [2.45, 2.75) is 18.1 Å². The summed E-state index contributed by atoms with van der Waals surface area (Å²) in [5.74, 6) is 1.12. The molecule has 0 atom stereocenters. The van der Waals surface area contributed by atoms with Crippen molar-refractivity contribution in [1.29, 1.82) is 0 Å². The number of carbonyl (C=O) groups excluding carboxylic acids is 1. The van der Waals surface area contributed by atoms with E-state index in [0.29, 0.717) is 11.6 Å². The summed E-state index contributed by atoms with van der Waals surface area (Å²) in [6.45, 7) is 0.418. The van der Waals surface area contributed by atoms with Gasteiger partial charge in [0.2, 0.25) is 5.91 Å². The molecule has 0 aliphatic rings. The number of halogens is 1. The standard InChI is InChI=1S/C17H17ClN4OS2/c1-22-15(9-13-6-4-8-24-13)20-21-17(22)25-11-16(23)19-10-12-5-2-3-7-14(12)18/h2-8H,9-11H2,1H3,(H,19,23). The second-order valence-corrected chi connectivity index (χ2v) is 7.75. The lowest BCUT2D eigenvalue weighted by molar-refractivity contribution is -0.118. The van der Waals surface area contributed by atoms with Gasteiger partial charge in [-0.3, -0.25) is 4.79 Å². The van der Waals surface area contributed by atoms with Crippen molar-refractivity contribution >= 4 is 40.6 Å². The van der Waals surface area contributed by atoms with E-state index < -0.39 is 0 Å². The first-order chi connectivity index (χ1) is 12.1. The average molecular weight is 393 g/mol. The molecule has 0 aliphatic heterocycles. The van der Waals surface area contributed by atoms with E-state index in [1.807, 2.05) is 47.3 Å². The largest absolute Gasteiger partial charge is 0.351 e. The molecule has 2 heterocycles. The zero-order chi connectivity index (χ0) is 17.6. The molecule has 5 nitrogen and oxygen atoms in total. The van der Waals surface area contributed by atoms with Crippen molar-refractivity contribution < 1.29 is 4.79 Å². The van der Waals surface area contributed by atoms with Crippen molar-refractivity contribution in [1.82, 2.24) is 20.1 Å². The monoisotopic (exact) mass is 392 g/mol. The highest BCUT2D eigenvalue weighted by Gasteiger charge is 2.12. The van der Waals surface area contributed by atoms with Gasteiger partial charge in [0.15, 0.2) is 5.16 Å². The van der Waals surface area contributed by atoms with Gasteiger partial charge >= 0.3 is 0 Å². The average Bonchev–Trinajstić information content (AvgIpc) is 3.24. The van der Waals surface area contributed by atoms with Crippen LogP contribution in [0, 0.1) is 0 Å². The molecule has 8 heteroatoms. The zero-order valence-corrected chi connectivity index (χ0v) is 16.0. The Balaban J connectivity index is 1.50. The van der Waals surface area contributed by atoms with Gasteiger partial charge in [0.05, 0.1) is 5.75 Å². The molecule has 1 N–H and O–H groups in total. The van der Waals surface area contributed by atoms with Gasteiger partial charge in [0, 0.05) is 29.9 Å². The third-order valence-electron chi connectivity index (χ3n) is 3.60. The molecular weight excluding hydrogens is 376 g/mol. The van der Waals surface area contributed by atoms with Gasteiger partial charge in [0.1, 0.15) is 5.82 Å². The summed E-state index contributed by atoms with van der Waals surface area (Å²) in [5.41, 5.74) is 0.902. The molecule has 3 rings (SSSR count). The molecule has 1 aromatic carbocycles. The zero-order valence-electron chi connectivity index (χ0n) is 13.6. The van der Waals surface area contributed by atoms with E-state index in [0.717, 1.165) is 23.0 Å². The van der Waals surface area contributed by atoms with Crippen LogP contribution in [-0.4, -0.2) is 26.4 Å². The van der Waals surface area contributed by atoms with E-state index in [2.05, 4.69) is 21.6 Å². The number of hydrogen-bond acceptors (Lipinski definition) is 5. The number of rotatable bonds is 7. The number of nitrogens with zero attached hydrogens (tertiary/aromatic N) is 3. The molecule has 0 saturated carbocycles.